The molecule has 0 atom stereocenters. The number of hydrogen-bond acceptors (Lipinski definition) is 3. The summed E-state index contributed by atoms with van der Waals surface area (Å²) in [6.07, 6.45) is -2.41. The standard InChI is InChI=1S/C14H17F3N2O/c1-2-3-7-20-8-6-19-13-5-4-12(14(15,16)17)9-11(13)10-18/h4-5,9,19H,2-3,6-8H2,1H3. The lowest BCUT2D eigenvalue weighted by Gasteiger charge is -2.11. The summed E-state index contributed by atoms with van der Waals surface area (Å²) in [7, 11) is 0. The topological polar surface area (TPSA) is 45.0 Å². The number of nitrogens with one attached hydrogen (secondary N) is 1. The molecular weight excluding hydrogens is 269 g/mol. The second kappa shape index (κ2) is 7.75. The summed E-state index contributed by atoms with van der Waals surface area (Å²) in [5, 5.41) is 11.8. The third-order valence-corrected chi connectivity index (χ3v) is 2.67. The zero-order valence-corrected chi connectivity index (χ0v) is 11.3. The quantitative estimate of drug-likeness (QED) is 0.775. The third-order valence-electron chi connectivity index (χ3n) is 2.67. The Morgan fingerprint density at radius 1 is 1.30 bits per heavy atom. The van der Waals surface area contributed by atoms with E-state index in [0.717, 1.165) is 25.0 Å². The second-order valence-electron chi connectivity index (χ2n) is 4.26. The van der Waals surface area contributed by atoms with Crippen LogP contribution in [0.4, 0.5) is 18.9 Å². The van der Waals surface area contributed by atoms with Crippen molar-refractivity contribution < 1.29 is 17.9 Å². The van der Waals surface area contributed by atoms with Crippen molar-refractivity contribution >= 4 is 5.69 Å². The minimum Gasteiger partial charge on any atom is -0.382 e. The van der Waals surface area contributed by atoms with Gasteiger partial charge in [0, 0.05) is 13.2 Å². The monoisotopic (exact) mass is 286 g/mol. The van der Waals surface area contributed by atoms with Gasteiger partial charge in [0.25, 0.3) is 0 Å². The molecule has 1 N–H and O–H groups in total. The molecule has 0 aromatic heterocycles. The van der Waals surface area contributed by atoms with Crippen LogP contribution in [-0.2, 0) is 10.9 Å². The van der Waals surface area contributed by atoms with Crippen molar-refractivity contribution in [3.63, 3.8) is 0 Å². The lowest BCUT2D eigenvalue weighted by molar-refractivity contribution is -0.137. The normalized spacial score (nSPS) is 11.2. The Morgan fingerprint density at radius 3 is 2.65 bits per heavy atom. The SMILES string of the molecule is CCCCOCCNc1ccc(C(F)(F)F)cc1C#N. The summed E-state index contributed by atoms with van der Waals surface area (Å²) in [4.78, 5) is 0. The van der Waals surface area contributed by atoms with Gasteiger partial charge in [-0.1, -0.05) is 13.3 Å². The highest BCUT2D eigenvalue weighted by molar-refractivity contribution is 5.58. The molecule has 3 nitrogen and oxygen atoms in total. The molecule has 0 radical (unpaired) electrons. The molecule has 0 spiro atoms. The van der Waals surface area contributed by atoms with Crippen molar-refractivity contribution in [3.05, 3.63) is 29.3 Å². The van der Waals surface area contributed by atoms with Gasteiger partial charge in [-0.3, -0.25) is 0 Å². The molecular formula is C14H17F3N2O. The van der Waals surface area contributed by atoms with E-state index in [-0.39, 0.29) is 5.56 Å². The van der Waals surface area contributed by atoms with E-state index in [9.17, 15) is 13.2 Å². The average molecular weight is 286 g/mol. The molecule has 1 aromatic carbocycles. The van der Waals surface area contributed by atoms with E-state index >= 15 is 0 Å². The van der Waals surface area contributed by atoms with Crippen molar-refractivity contribution in [2.45, 2.75) is 25.9 Å². The smallest absolute Gasteiger partial charge is 0.382 e. The number of nitriles is 1. The van der Waals surface area contributed by atoms with Gasteiger partial charge in [0.1, 0.15) is 6.07 Å². The molecule has 110 valence electrons. The number of ether oxygens (including phenoxy) is 1. The van der Waals surface area contributed by atoms with E-state index in [1.165, 1.54) is 6.07 Å². The van der Waals surface area contributed by atoms with Crippen molar-refractivity contribution in [2.24, 2.45) is 0 Å². The molecule has 1 aromatic rings. The molecule has 0 aliphatic carbocycles. The van der Waals surface area contributed by atoms with Crippen LogP contribution in [0.25, 0.3) is 0 Å². The number of rotatable bonds is 7. The van der Waals surface area contributed by atoms with Crippen LogP contribution >= 0.6 is 0 Å². The van der Waals surface area contributed by atoms with Gasteiger partial charge in [-0.25, -0.2) is 0 Å². The first-order chi connectivity index (χ1) is 9.49. The molecule has 0 bridgehead atoms. The van der Waals surface area contributed by atoms with Crippen LogP contribution in [0.5, 0.6) is 0 Å². The molecule has 0 saturated heterocycles. The molecule has 0 aliphatic rings. The molecule has 0 saturated carbocycles. The van der Waals surface area contributed by atoms with Gasteiger partial charge in [0.15, 0.2) is 0 Å². The Labute approximate surface area is 116 Å². The summed E-state index contributed by atoms with van der Waals surface area (Å²) in [6, 6.07) is 4.84. The first-order valence-electron chi connectivity index (χ1n) is 6.42. The summed E-state index contributed by atoms with van der Waals surface area (Å²) in [5.74, 6) is 0. The van der Waals surface area contributed by atoms with Crippen LogP contribution in [0.1, 0.15) is 30.9 Å². The lowest BCUT2D eigenvalue weighted by Crippen LogP contribution is -2.12. The number of unbranched alkanes of at least 4 members (excludes halogenated alkanes) is 1. The fourth-order valence-electron chi connectivity index (χ4n) is 1.57. The molecule has 1 rings (SSSR count). The molecule has 0 heterocycles. The largest absolute Gasteiger partial charge is 0.416 e. The van der Waals surface area contributed by atoms with E-state index in [1.807, 2.05) is 0 Å². The summed E-state index contributed by atoms with van der Waals surface area (Å²) < 4.78 is 42.9. The fourth-order valence-corrected chi connectivity index (χ4v) is 1.57. The van der Waals surface area contributed by atoms with Gasteiger partial charge >= 0.3 is 6.18 Å². The molecule has 6 heteroatoms. The highest BCUT2D eigenvalue weighted by atomic mass is 19.4. The Morgan fingerprint density at radius 2 is 2.05 bits per heavy atom. The van der Waals surface area contributed by atoms with Crippen LogP contribution in [0.3, 0.4) is 0 Å². The maximum absolute atomic E-state index is 12.5. The van der Waals surface area contributed by atoms with Gasteiger partial charge in [0.05, 0.1) is 23.4 Å². The summed E-state index contributed by atoms with van der Waals surface area (Å²) in [6.45, 7) is 3.62. The zero-order chi connectivity index (χ0) is 15.0. The van der Waals surface area contributed by atoms with Gasteiger partial charge in [0.2, 0.25) is 0 Å². The predicted molar refractivity (Wildman–Crippen MR) is 70.4 cm³/mol. The first kappa shape index (κ1) is 16.3. The van der Waals surface area contributed by atoms with Crippen molar-refractivity contribution in [3.8, 4) is 6.07 Å². The van der Waals surface area contributed by atoms with Crippen LogP contribution in [-0.4, -0.2) is 19.8 Å². The number of benzene rings is 1. The van der Waals surface area contributed by atoms with Gasteiger partial charge in [-0.15, -0.1) is 0 Å². The molecule has 0 amide bonds. The maximum Gasteiger partial charge on any atom is 0.416 e. The lowest BCUT2D eigenvalue weighted by atomic mass is 10.1. The minimum absolute atomic E-state index is 0.0200. The third kappa shape index (κ3) is 5.10. The number of halogens is 3. The minimum atomic E-state index is -4.44. The molecule has 0 aliphatic heterocycles. The van der Waals surface area contributed by atoms with Crippen molar-refractivity contribution in [1.82, 2.24) is 0 Å². The van der Waals surface area contributed by atoms with E-state index in [0.29, 0.717) is 25.4 Å². The van der Waals surface area contributed by atoms with Crippen LogP contribution in [0.2, 0.25) is 0 Å². The average Bonchev–Trinajstić information content (AvgIpc) is 2.41. The zero-order valence-electron chi connectivity index (χ0n) is 11.3. The Hall–Kier alpha value is -1.74. The van der Waals surface area contributed by atoms with Crippen molar-refractivity contribution in [2.75, 3.05) is 25.1 Å². The van der Waals surface area contributed by atoms with Crippen LogP contribution in [0.15, 0.2) is 18.2 Å². The number of anilines is 1. The predicted octanol–water partition coefficient (Wildman–Crippen LogP) is 3.81. The Bertz CT molecular complexity index is 466. The highest BCUT2D eigenvalue weighted by Crippen LogP contribution is 2.31. The van der Waals surface area contributed by atoms with Gasteiger partial charge in [-0.05, 0) is 24.6 Å². The summed E-state index contributed by atoms with van der Waals surface area (Å²) >= 11 is 0. The van der Waals surface area contributed by atoms with Gasteiger partial charge < -0.3 is 10.1 Å². The van der Waals surface area contributed by atoms with Crippen LogP contribution < -0.4 is 5.32 Å². The number of nitrogens with zero attached hydrogens (tertiary/aromatic N) is 1. The molecule has 20 heavy (non-hydrogen) atoms. The van der Waals surface area contributed by atoms with E-state index in [4.69, 9.17) is 10.00 Å². The highest BCUT2D eigenvalue weighted by Gasteiger charge is 2.30. The second-order valence-corrected chi connectivity index (χ2v) is 4.26. The van der Waals surface area contributed by atoms with E-state index in [1.54, 1.807) is 6.07 Å². The molecule has 0 unspecified atom stereocenters. The van der Waals surface area contributed by atoms with E-state index in [2.05, 4.69) is 12.2 Å². The molecule has 0 fully saturated rings. The number of alkyl halides is 3. The van der Waals surface area contributed by atoms with Gasteiger partial charge in [-0.2, -0.15) is 18.4 Å². The fraction of sp³-hybridized carbons (Fsp3) is 0.500. The Balaban J connectivity index is 2.56. The maximum atomic E-state index is 12.5. The summed E-state index contributed by atoms with van der Waals surface area (Å²) in [5.41, 5.74) is -0.452. The number of hydrogen-bond donors (Lipinski definition) is 1. The van der Waals surface area contributed by atoms with E-state index < -0.39 is 11.7 Å². The first-order valence-corrected chi connectivity index (χ1v) is 6.42. The van der Waals surface area contributed by atoms with Crippen molar-refractivity contribution in [1.29, 1.82) is 5.26 Å². The van der Waals surface area contributed by atoms with Crippen LogP contribution in [0, 0.1) is 11.3 Å². The Kier molecular flexibility index (Phi) is 6.32.